The zero-order valence-electron chi connectivity index (χ0n) is 13.5. The second-order valence-electron chi connectivity index (χ2n) is 6.65. The van der Waals surface area contributed by atoms with Crippen LogP contribution in [0.15, 0.2) is 41.4 Å². The summed E-state index contributed by atoms with van der Waals surface area (Å²) in [7, 11) is 0. The first-order chi connectivity index (χ1) is 10.4. The minimum absolute atomic E-state index is 0.192. The molecule has 3 heteroatoms. The van der Waals surface area contributed by atoms with E-state index < -0.39 is 0 Å². The zero-order valence-corrected chi connectivity index (χ0v) is 13.5. The van der Waals surface area contributed by atoms with Crippen molar-refractivity contribution >= 4 is 11.5 Å². The van der Waals surface area contributed by atoms with Gasteiger partial charge in [-0.25, -0.2) is 4.39 Å². The Kier molecular flexibility index (Phi) is 3.51. The van der Waals surface area contributed by atoms with Crippen molar-refractivity contribution in [3.8, 4) is 0 Å². The summed E-state index contributed by atoms with van der Waals surface area (Å²) in [6, 6.07) is 11.1. The van der Waals surface area contributed by atoms with Crippen LogP contribution in [0.25, 0.3) is 0 Å². The van der Waals surface area contributed by atoms with Gasteiger partial charge in [0, 0.05) is 5.56 Å². The Labute approximate surface area is 131 Å². The summed E-state index contributed by atoms with van der Waals surface area (Å²) in [6.45, 7) is 8.43. The summed E-state index contributed by atoms with van der Waals surface area (Å²) in [5.74, 6) is 0.485. The molecule has 0 bridgehead atoms. The summed E-state index contributed by atoms with van der Waals surface area (Å²) in [4.78, 5) is 4.80. The number of benzene rings is 2. The SMILES string of the molecule is Cc1cc2c(cc1C)C(Nc1ccccc1F)=NC(C)(C)C2. The first kappa shape index (κ1) is 14.8. The molecule has 0 amide bonds. The van der Waals surface area contributed by atoms with E-state index in [1.54, 1.807) is 12.1 Å². The fourth-order valence-corrected chi connectivity index (χ4v) is 2.90. The third-order valence-electron chi connectivity index (χ3n) is 4.14. The van der Waals surface area contributed by atoms with Gasteiger partial charge in [-0.05, 0) is 69.0 Å². The standard InChI is InChI=1S/C19H21FN2/c1-12-9-14-11-19(3,4)22-18(15(14)10-13(12)2)21-17-8-6-5-7-16(17)20/h5-10H,11H2,1-4H3,(H,21,22). The Morgan fingerprint density at radius 3 is 2.50 bits per heavy atom. The lowest BCUT2D eigenvalue weighted by molar-refractivity contribution is 0.512. The summed E-state index contributed by atoms with van der Waals surface area (Å²) in [5, 5.41) is 3.18. The Morgan fingerprint density at radius 1 is 1.09 bits per heavy atom. The van der Waals surface area contributed by atoms with E-state index in [0.29, 0.717) is 5.69 Å². The average Bonchev–Trinajstić information content (AvgIpc) is 2.43. The van der Waals surface area contributed by atoms with Crippen LogP contribution in [-0.2, 0) is 6.42 Å². The van der Waals surface area contributed by atoms with Crippen molar-refractivity contribution in [2.45, 2.75) is 39.7 Å². The van der Waals surface area contributed by atoms with Crippen molar-refractivity contribution in [2.75, 3.05) is 5.32 Å². The van der Waals surface area contributed by atoms with Gasteiger partial charge in [0.25, 0.3) is 0 Å². The first-order valence-corrected chi connectivity index (χ1v) is 7.58. The zero-order chi connectivity index (χ0) is 15.9. The van der Waals surface area contributed by atoms with E-state index in [0.717, 1.165) is 17.8 Å². The molecule has 0 radical (unpaired) electrons. The molecule has 0 saturated carbocycles. The first-order valence-electron chi connectivity index (χ1n) is 7.58. The van der Waals surface area contributed by atoms with E-state index >= 15 is 0 Å². The number of nitrogens with one attached hydrogen (secondary N) is 1. The number of amidine groups is 1. The molecular weight excluding hydrogens is 275 g/mol. The van der Waals surface area contributed by atoms with Crippen molar-refractivity contribution in [3.05, 3.63) is 64.5 Å². The predicted molar refractivity (Wildman–Crippen MR) is 90.3 cm³/mol. The van der Waals surface area contributed by atoms with E-state index in [9.17, 15) is 4.39 Å². The molecule has 0 spiro atoms. The van der Waals surface area contributed by atoms with Gasteiger partial charge in [-0.2, -0.15) is 0 Å². The lowest BCUT2D eigenvalue weighted by atomic mass is 9.86. The van der Waals surface area contributed by atoms with Crippen LogP contribution in [0, 0.1) is 19.7 Å². The number of nitrogens with zero attached hydrogens (tertiary/aromatic N) is 1. The molecule has 0 aliphatic carbocycles. The summed E-state index contributed by atoms with van der Waals surface area (Å²) < 4.78 is 13.9. The molecule has 1 heterocycles. The molecule has 0 atom stereocenters. The van der Waals surface area contributed by atoms with Crippen molar-refractivity contribution in [3.63, 3.8) is 0 Å². The van der Waals surface area contributed by atoms with Gasteiger partial charge < -0.3 is 5.32 Å². The highest BCUT2D eigenvalue weighted by atomic mass is 19.1. The predicted octanol–water partition coefficient (Wildman–Crippen LogP) is 4.64. The topological polar surface area (TPSA) is 24.4 Å². The number of para-hydroxylation sites is 1. The molecule has 2 aromatic carbocycles. The highest BCUT2D eigenvalue weighted by Gasteiger charge is 2.27. The van der Waals surface area contributed by atoms with Gasteiger partial charge >= 0.3 is 0 Å². The van der Waals surface area contributed by atoms with Gasteiger partial charge in [0.2, 0.25) is 0 Å². The molecule has 0 aromatic heterocycles. The average molecular weight is 296 g/mol. The Morgan fingerprint density at radius 2 is 1.77 bits per heavy atom. The quantitative estimate of drug-likeness (QED) is 0.815. The van der Waals surface area contributed by atoms with Crippen LogP contribution in [0.3, 0.4) is 0 Å². The molecule has 114 valence electrons. The number of rotatable bonds is 1. The van der Waals surface area contributed by atoms with E-state index in [1.807, 2.05) is 6.07 Å². The van der Waals surface area contributed by atoms with Crippen LogP contribution in [0.1, 0.15) is 36.1 Å². The lowest BCUT2D eigenvalue weighted by Crippen LogP contribution is -2.32. The molecule has 1 N–H and O–H groups in total. The second-order valence-corrected chi connectivity index (χ2v) is 6.65. The Bertz CT molecular complexity index is 760. The fraction of sp³-hybridized carbons (Fsp3) is 0.316. The third kappa shape index (κ3) is 2.76. The molecule has 2 aromatic rings. The van der Waals surface area contributed by atoms with Crippen LogP contribution >= 0.6 is 0 Å². The lowest BCUT2D eigenvalue weighted by Gasteiger charge is -2.30. The van der Waals surface area contributed by atoms with Crippen LogP contribution in [-0.4, -0.2) is 11.4 Å². The van der Waals surface area contributed by atoms with Gasteiger partial charge in [-0.3, -0.25) is 4.99 Å². The number of hydrogen-bond acceptors (Lipinski definition) is 2. The van der Waals surface area contributed by atoms with Crippen molar-refractivity contribution in [1.82, 2.24) is 0 Å². The maximum atomic E-state index is 13.9. The van der Waals surface area contributed by atoms with E-state index in [1.165, 1.54) is 22.8 Å². The maximum absolute atomic E-state index is 13.9. The molecule has 22 heavy (non-hydrogen) atoms. The molecule has 3 rings (SSSR count). The highest BCUT2D eigenvalue weighted by Crippen LogP contribution is 2.29. The molecule has 1 aliphatic heterocycles. The second kappa shape index (κ2) is 5.24. The molecule has 0 unspecified atom stereocenters. The molecule has 2 nitrogen and oxygen atoms in total. The number of aliphatic imine (C=N–C) groups is 1. The highest BCUT2D eigenvalue weighted by molar-refractivity contribution is 6.10. The van der Waals surface area contributed by atoms with Gasteiger partial charge in [0.05, 0.1) is 11.2 Å². The molecular formula is C19H21FN2. The number of fused-ring (bicyclic) bond motifs is 1. The van der Waals surface area contributed by atoms with Gasteiger partial charge in [0.15, 0.2) is 0 Å². The van der Waals surface area contributed by atoms with Gasteiger partial charge in [0.1, 0.15) is 11.7 Å². The maximum Gasteiger partial charge on any atom is 0.146 e. The normalized spacial score (nSPS) is 16.0. The summed E-state index contributed by atoms with van der Waals surface area (Å²) >= 11 is 0. The number of anilines is 1. The fourth-order valence-electron chi connectivity index (χ4n) is 2.90. The summed E-state index contributed by atoms with van der Waals surface area (Å²) in [5.41, 5.74) is 5.11. The molecule has 1 aliphatic rings. The molecule has 0 saturated heterocycles. The monoisotopic (exact) mass is 296 g/mol. The van der Waals surface area contributed by atoms with E-state index in [2.05, 4.69) is 45.1 Å². The Balaban J connectivity index is 2.08. The van der Waals surface area contributed by atoms with Crippen LogP contribution in [0.5, 0.6) is 0 Å². The summed E-state index contributed by atoms with van der Waals surface area (Å²) in [6.07, 6.45) is 0.895. The van der Waals surface area contributed by atoms with E-state index in [4.69, 9.17) is 4.99 Å². The Hall–Kier alpha value is -2.16. The van der Waals surface area contributed by atoms with Crippen molar-refractivity contribution in [2.24, 2.45) is 4.99 Å². The minimum Gasteiger partial charge on any atom is -0.338 e. The number of aryl methyl sites for hydroxylation is 2. The van der Waals surface area contributed by atoms with Crippen LogP contribution < -0.4 is 5.32 Å². The van der Waals surface area contributed by atoms with Gasteiger partial charge in [-0.15, -0.1) is 0 Å². The van der Waals surface area contributed by atoms with Crippen LogP contribution in [0.2, 0.25) is 0 Å². The van der Waals surface area contributed by atoms with Crippen molar-refractivity contribution in [1.29, 1.82) is 0 Å². The van der Waals surface area contributed by atoms with Crippen LogP contribution in [0.4, 0.5) is 10.1 Å². The third-order valence-corrected chi connectivity index (χ3v) is 4.14. The van der Waals surface area contributed by atoms with Crippen molar-refractivity contribution < 1.29 is 4.39 Å². The van der Waals surface area contributed by atoms with Gasteiger partial charge in [-0.1, -0.05) is 18.2 Å². The molecule has 0 fully saturated rings. The largest absolute Gasteiger partial charge is 0.338 e. The smallest absolute Gasteiger partial charge is 0.146 e. The number of halogens is 1. The van der Waals surface area contributed by atoms with E-state index in [-0.39, 0.29) is 11.4 Å². The number of hydrogen-bond donors (Lipinski definition) is 1. The minimum atomic E-state index is -0.265.